The van der Waals surface area contributed by atoms with Gasteiger partial charge in [-0.15, -0.1) is 0 Å². The number of carbonyl (C=O) groups is 8. The molecule has 0 amide bonds. The molecule has 0 N–H and O–H groups in total. The van der Waals surface area contributed by atoms with Crippen LogP contribution >= 0.6 is 0 Å². The van der Waals surface area contributed by atoms with Crippen molar-refractivity contribution in [3.63, 3.8) is 0 Å². The summed E-state index contributed by atoms with van der Waals surface area (Å²) in [5.41, 5.74) is 0. The van der Waals surface area contributed by atoms with E-state index in [9.17, 15) is 38.4 Å². The SMILES string of the molecule is CCCC(CC)COC(=O)CCCCCOC(=O)CC(C(=O)OCCCCCC(=O)OCC(CC)CCC)C(CC(=O)OCCCCCC(=O)OCC(CC)CCC)C(=O)OCCCCCC(=O)OCC(CC)CCC. The Morgan fingerprint density at radius 1 is 0.276 bits per heavy atom. The second kappa shape index (κ2) is 49.1. The third kappa shape index (κ3) is 39.2. The topological polar surface area (TPSA) is 210 Å². The van der Waals surface area contributed by atoms with Crippen molar-refractivity contribution in [2.75, 3.05) is 52.9 Å². The van der Waals surface area contributed by atoms with E-state index >= 15 is 0 Å². The minimum atomic E-state index is -1.46. The number of hydrogen-bond acceptors (Lipinski definition) is 16. The third-order valence-corrected chi connectivity index (χ3v) is 14.0. The first kappa shape index (κ1) is 71.8. The molecule has 16 heteroatoms. The predicted molar refractivity (Wildman–Crippen MR) is 293 cm³/mol. The molecule has 0 aromatic heterocycles. The number of unbranched alkanes of at least 4 members (excludes halogenated alkanes) is 8. The summed E-state index contributed by atoms with van der Waals surface area (Å²) < 4.78 is 44.3. The summed E-state index contributed by atoms with van der Waals surface area (Å²) in [6, 6.07) is 0. The molecule has 0 aliphatic heterocycles. The molecule has 0 aromatic carbocycles. The second-order valence-electron chi connectivity index (χ2n) is 20.6. The second-order valence-corrected chi connectivity index (χ2v) is 20.6. The van der Waals surface area contributed by atoms with Gasteiger partial charge in [-0.1, -0.05) is 107 Å². The minimum absolute atomic E-state index is 0.00264. The zero-order chi connectivity index (χ0) is 56.6. The molecule has 0 rings (SSSR count). The first-order chi connectivity index (χ1) is 36.7. The molecule has 0 aliphatic rings. The largest absolute Gasteiger partial charge is 0.466 e. The number of ether oxygens (including phenoxy) is 8. The quantitative estimate of drug-likeness (QED) is 0.0315. The predicted octanol–water partition coefficient (Wildman–Crippen LogP) is 12.9. The Morgan fingerprint density at radius 3 is 0.737 bits per heavy atom. The Hall–Kier alpha value is -4.24. The monoisotopic (exact) mass is 1080 g/mol. The maximum absolute atomic E-state index is 14.0. The molecule has 442 valence electrons. The summed E-state index contributed by atoms with van der Waals surface area (Å²) in [5, 5.41) is 0. The molecule has 0 aromatic rings. The Bertz CT molecular complexity index is 1440. The van der Waals surface area contributed by atoms with Crippen LogP contribution in [0, 0.1) is 35.5 Å². The van der Waals surface area contributed by atoms with Gasteiger partial charge in [0.15, 0.2) is 0 Å². The normalized spacial score (nSPS) is 13.5. The van der Waals surface area contributed by atoms with E-state index in [2.05, 4.69) is 55.4 Å². The molecular weight excluding hydrogens is 977 g/mol. The average Bonchev–Trinajstić information content (AvgIpc) is 3.41. The summed E-state index contributed by atoms with van der Waals surface area (Å²) in [6.07, 6.45) is 17.6. The molecule has 0 radical (unpaired) electrons. The maximum atomic E-state index is 14.0. The summed E-state index contributed by atoms with van der Waals surface area (Å²) in [4.78, 5) is 104. The lowest BCUT2D eigenvalue weighted by Crippen LogP contribution is -2.36. The molecule has 0 saturated carbocycles. The highest BCUT2D eigenvalue weighted by molar-refractivity contribution is 5.88. The molecule has 16 nitrogen and oxygen atoms in total. The third-order valence-electron chi connectivity index (χ3n) is 14.0. The first-order valence-electron chi connectivity index (χ1n) is 30.0. The first-order valence-corrected chi connectivity index (χ1v) is 30.0. The zero-order valence-corrected chi connectivity index (χ0v) is 48.9. The van der Waals surface area contributed by atoms with Gasteiger partial charge >= 0.3 is 47.8 Å². The lowest BCUT2D eigenvalue weighted by atomic mass is 9.86. The van der Waals surface area contributed by atoms with Crippen LogP contribution < -0.4 is 0 Å². The van der Waals surface area contributed by atoms with Crippen molar-refractivity contribution < 1.29 is 76.3 Å². The highest BCUT2D eigenvalue weighted by Crippen LogP contribution is 2.26. The molecule has 0 saturated heterocycles. The van der Waals surface area contributed by atoms with Crippen LogP contribution in [0.1, 0.15) is 248 Å². The van der Waals surface area contributed by atoms with Gasteiger partial charge < -0.3 is 37.9 Å². The molecule has 6 atom stereocenters. The average molecular weight is 1080 g/mol. The highest BCUT2D eigenvalue weighted by Gasteiger charge is 2.40. The highest BCUT2D eigenvalue weighted by atomic mass is 16.6. The number of carbonyl (C=O) groups excluding carboxylic acids is 8. The van der Waals surface area contributed by atoms with Gasteiger partial charge in [-0.3, -0.25) is 38.4 Å². The van der Waals surface area contributed by atoms with Crippen molar-refractivity contribution >= 4 is 47.8 Å². The fraction of sp³-hybridized carbons (Fsp3) is 0.867. The van der Waals surface area contributed by atoms with E-state index < -0.39 is 48.6 Å². The van der Waals surface area contributed by atoms with Crippen molar-refractivity contribution in [2.24, 2.45) is 35.5 Å². The Balaban J connectivity index is 5.90. The van der Waals surface area contributed by atoms with Crippen LogP contribution in [0.25, 0.3) is 0 Å². The smallest absolute Gasteiger partial charge is 0.310 e. The Kier molecular flexibility index (Phi) is 46.3. The van der Waals surface area contributed by atoms with Gasteiger partial charge in [0.25, 0.3) is 0 Å². The Labute approximate surface area is 458 Å². The molecule has 6 unspecified atom stereocenters. The number of hydrogen-bond donors (Lipinski definition) is 0. The molecule has 0 aliphatic carbocycles. The summed E-state index contributed by atoms with van der Waals surface area (Å²) in [7, 11) is 0. The van der Waals surface area contributed by atoms with Crippen LogP contribution in [0.5, 0.6) is 0 Å². The zero-order valence-electron chi connectivity index (χ0n) is 48.9. The molecule has 0 heterocycles. The van der Waals surface area contributed by atoms with Gasteiger partial charge in [0.05, 0.1) is 77.5 Å². The van der Waals surface area contributed by atoms with E-state index in [-0.39, 0.29) is 76.0 Å². The van der Waals surface area contributed by atoms with Crippen molar-refractivity contribution in [2.45, 2.75) is 248 Å². The fourth-order valence-electron chi connectivity index (χ4n) is 8.77. The van der Waals surface area contributed by atoms with E-state index in [0.717, 1.165) is 77.0 Å². The van der Waals surface area contributed by atoms with Gasteiger partial charge in [-0.2, -0.15) is 0 Å². The fourth-order valence-corrected chi connectivity index (χ4v) is 8.77. The minimum Gasteiger partial charge on any atom is -0.466 e. The molecule has 76 heavy (non-hydrogen) atoms. The lowest BCUT2D eigenvalue weighted by Gasteiger charge is -2.23. The van der Waals surface area contributed by atoms with E-state index in [1.54, 1.807) is 0 Å². The van der Waals surface area contributed by atoms with E-state index in [1.807, 2.05) is 0 Å². The summed E-state index contributed by atoms with van der Waals surface area (Å²) >= 11 is 0. The van der Waals surface area contributed by atoms with Crippen LogP contribution in [0.15, 0.2) is 0 Å². The maximum Gasteiger partial charge on any atom is 0.310 e. The van der Waals surface area contributed by atoms with Crippen molar-refractivity contribution in [1.82, 2.24) is 0 Å². The van der Waals surface area contributed by atoms with Crippen LogP contribution in [-0.4, -0.2) is 101 Å². The standard InChI is InChI=1S/C60H106O16/c1-9-29-47(13-5)43-73-53(61)33-21-17-25-37-69-57(65)41-51(59(67)71-39-27-19-23-35-55(63)75-45-49(15-7)31-11-3)52(60(68)72-40-28-20-24-36-56(64)76-46-50(16-8)32-12-4)42-58(66)70-38-26-18-22-34-54(62)74-44-48(14-6)30-10-2/h47-52H,9-46H2,1-8H3. The van der Waals surface area contributed by atoms with E-state index in [4.69, 9.17) is 37.9 Å². The summed E-state index contributed by atoms with van der Waals surface area (Å²) in [6.45, 7) is 18.2. The van der Waals surface area contributed by atoms with Gasteiger partial charge in [-0.25, -0.2) is 0 Å². The van der Waals surface area contributed by atoms with E-state index in [0.29, 0.717) is 127 Å². The number of esters is 8. The van der Waals surface area contributed by atoms with Crippen molar-refractivity contribution in [3.8, 4) is 0 Å². The van der Waals surface area contributed by atoms with E-state index in [1.165, 1.54) is 0 Å². The molecule has 0 fully saturated rings. The van der Waals surface area contributed by atoms with Gasteiger partial charge in [0.1, 0.15) is 0 Å². The van der Waals surface area contributed by atoms with Crippen LogP contribution in [0.3, 0.4) is 0 Å². The van der Waals surface area contributed by atoms with Crippen LogP contribution in [0.2, 0.25) is 0 Å². The summed E-state index contributed by atoms with van der Waals surface area (Å²) in [5.74, 6) is -6.00. The number of rotatable bonds is 51. The van der Waals surface area contributed by atoms with Crippen molar-refractivity contribution in [1.29, 1.82) is 0 Å². The van der Waals surface area contributed by atoms with Gasteiger partial charge in [0, 0.05) is 25.7 Å². The van der Waals surface area contributed by atoms with Gasteiger partial charge in [-0.05, 0) is 126 Å². The molecular formula is C60H106O16. The van der Waals surface area contributed by atoms with Gasteiger partial charge in [0.2, 0.25) is 0 Å². The molecule has 0 spiro atoms. The Morgan fingerprint density at radius 2 is 0.513 bits per heavy atom. The lowest BCUT2D eigenvalue weighted by molar-refractivity contribution is -0.167. The van der Waals surface area contributed by atoms with Crippen LogP contribution in [-0.2, 0) is 76.3 Å². The van der Waals surface area contributed by atoms with Crippen molar-refractivity contribution in [3.05, 3.63) is 0 Å². The van der Waals surface area contributed by atoms with Crippen LogP contribution in [0.4, 0.5) is 0 Å². The molecule has 0 bridgehead atoms.